The van der Waals surface area contributed by atoms with Crippen LogP contribution in [0, 0.1) is 12.7 Å². The molecule has 0 spiro atoms. The van der Waals surface area contributed by atoms with Crippen molar-refractivity contribution in [2.24, 2.45) is 5.73 Å². The van der Waals surface area contributed by atoms with E-state index in [4.69, 9.17) is 5.73 Å². The number of halogens is 2. The molecule has 2 atom stereocenters. The van der Waals surface area contributed by atoms with Crippen LogP contribution in [-0.2, 0) is 0 Å². The summed E-state index contributed by atoms with van der Waals surface area (Å²) in [5.41, 5.74) is 8.30. The molecule has 0 saturated carbocycles. The van der Waals surface area contributed by atoms with E-state index in [2.05, 4.69) is 15.9 Å². The van der Waals surface area contributed by atoms with Crippen molar-refractivity contribution in [2.75, 3.05) is 6.54 Å². The molecule has 0 bridgehead atoms. The average molecular weight is 338 g/mol. The maximum absolute atomic E-state index is 13.3. The Hall–Kier alpha value is -1.23. The molecule has 0 heterocycles. The van der Waals surface area contributed by atoms with Crippen LogP contribution in [0.4, 0.5) is 4.39 Å². The first-order valence-corrected chi connectivity index (χ1v) is 7.22. The standard InChI is InChI=1S/C16H17BrFNO/c1-10-7-12(5-6-15(10)17)16(20)14(9-19)11-3-2-4-13(18)8-11/h2-8,14,16,20H,9,19H2,1H3. The molecule has 0 amide bonds. The lowest BCUT2D eigenvalue weighted by Crippen LogP contribution is -2.20. The van der Waals surface area contributed by atoms with Gasteiger partial charge in [-0.2, -0.15) is 0 Å². The summed E-state index contributed by atoms with van der Waals surface area (Å²) in [6.45, 7) is 2.21. The molecule has 0 radical (unpaired) electrons. The van der Waals surface area contributed by atoms with Gasteiger partial charge in [0.1, 0.15) is 5.82 Å². The maximum Gasteiger partial charge on any atom is 0.123 e. The Labute approximate surface area is 126 Å². The van der Waals surface area contributed by atoms with Gasteiger partial charge in [0.05, 0.1) is 6.10 Å². The van der Waals surface area contributed by atoms with Gasteiger partial charge >= 0.3 is 0 Å². The fourth-order valence-electron chi connectivity index (χ4n) is 2.27. The Bertz CT molecular complexity index is 603. The summed E-state index contributed by atoms with van der Waals surface area (Å²) < 4.78 is 14.3. The zero-order valence-electron chi connectivity index (χ0n) is 11.2. The first kappa shape index (κ1) is 15.2. The minimum Gasteiger partial charge on any atom is -0.388 e. The van der Waals surface area contributed by atoms with Gasteiger partial charge < -0.3 is 10.8 Å². The van der Waals surface area contributed by atoms with Gasteiger partial charge in [-0.1, -0.05) is 40.2 Å². The van der Waals surface area contributed by atoms with Crippen molar-refractivity contribution in [3.8, 4) is 0 Å². The normalized spacial score (nSPS) is 14.1. The molecule has 3 N–H and O–H groups in total. The Kier molecular flexibility index (Phi) is 4.91. The zero-order valence-corrected chi connectivity index (χ0v) is 12.8. The first-order valence-electron chi connectivity index (χ1n) is 6.42. The smallest absolute Gasteiger partial charge is 0.123 e. The minimum atomic E-state index is -0.756. The van der Waals surface area contributed by atoms with Crippen molar-refractivity contribution in [3.63, 3.8) is 0 Å². The highest BCUT2D eigenvalue weighted by atomic mass is 79.9. The van der Waals surface area contributed by atoms with Gasteiger partial charge in [0.25, 0.3) is 0 Å². The van der Waals surface area contributed by atoms with Crippen LogP contribution >= 0.6 is 15.9 Å². The molecule has 0 fully saturated rings. The van der Waals surface area contributed by atoms with Crippen LogP contribution < -0.4 is 5.73 Å². The molecule has 2 nitrogen and oxygen atoms in total. The second-order valence-corrected chi connectivity index (χ2v) is 5.70. The number of nitrogens with two attached hydrogens (primary N) is 1. The van der Waals surface area contributed by atoms with E-state index in [0.29, 0.717) is 5.56 Å². The predicted molar refractivity (Wildman–Crippen MR) is 82.0 cm³/mol. The minimum absolute atomic E-state index is 0.250. The molecule has 0 aliphatic rings. The van der Waals surface area contributed by atoms with Gasteiger partial charge in [0.2, 0.25) is 0 Å². The molecule has 2 aromatic rings. The van der Waals surface area contributed by atoms with E-state index in [1.54, 1.807) is 12.1 Å². The largest absolute Gasteiger partial charge is 0.388 e. The van der Waals surface area contributed by atoms with Crippen LogP contribution in [0.2, 0.25) is 0 Å². The summed E-state index contributed by atoms with van der Waals surface area (Å²) in [5, 5.41) is 10.5. The molecule has 0 aliphatic carbocycles. The van der Waals surface area contributed by atoms with Gasteiger partial charge in [-0.15, -0.1) is 0 Å². The number of aliphatic hydroxyl groups excluding tert-OH is 1. The van der Waals surface area contributed by atoms with E-state index in [9.17, 15) is 9.50 Å². The van der Waals surface area contributed by atoms with Gasteiger partial charge in [-0.25, -0.2) is 4.39 Å². The average Bonchev–Trinajstić information content (AvgIpc) is 2.42. The molecule has 20 heavy (non-hydrogen) atoms. The third-order valence-corrected chi connectivity index (χ3v) is 4.33. The Morgan fingerprint density at radius 2 is 1.95 bits per heavy atom. The summed E-state index contributed by atoms with van der Waals surface area (Å²) in [6, 6.07) is 11.9. The fourth-order valence-corrected chi connectivity index (χ4v) is 2.52. The van der Waals surface area contributed by atoms with Crippen molar-refractivity contribution in [1.29, 1.82) is 0 Å². The summed E-state index contributed by atoms with van der Waals surface area (Å²) >= 11 is 3.43. The van der Waals surface area contributed by atoms with E-state index < -0.39 is 6.10 Å². The number of aryl methyl sites for hydroxylation is 1. The van der Waals surface area contributed by atoms with Crippen molar-refractivity contribution in [3.05, 3.63) is 69.4 Å². The van der Waals surface area contributed by atoms with Gasteiger partial charge in [-0.05, 0) is 41.8 Å². The van der Waals surface area contributed by atoms with Crippen LogP contribution in [0.3, 0.4) is 0 Å². The van der Waals surface area contributed by atoms with E-state index in [-0.39, 0.29) is 18.3 Å². The van der Waals surface area contributed by atoms with Gasteiger partial charge in [0.15, 0.2) is 0 Å². The van der Waals surface area contributed by atoms with E-state index in [1.807, 2.05) is 25.1 Å². The monoisotopic (exact) mass is 337 g/mol. The Morgan fingerprint density at radius 3 is 2.55 bits per heavy atom. The quantitative estimate of drug-likeness (QED) is 0.893. The van der Waals surface area contributed by atoms with Crippen molar-refractivity contribution in [2.45, 2.75) is 18.9 Å². The van der Waals surface area contributed by atoms with E-state index in [0.717, 1.165) is 15.6 Å². The molecular weight excluding hydrogens is 321 g/mol. The Balaban J connectivity index is 2.33. The zero-order chi connectivity index (χ0) is 14.7. The van der Waals surface area contributed by atoms with Crippen LogP contribution in [0.1, 0.15) is 28.7 Å². The molecule has 4 heteroatoms. The summed E-state index contributed by atoms with van der Waals surface area (Å²) in [7, 11) is 0. The Morgan fingerprint density at radius 1 is 1.20 bits per heavy atom. The second kappa shape index (κ2) is 6.48. The lowest BCUT2D eigenvalue weighted by Gasteiger charge is -2.23. The fraction of sp³-hybridized carbons (Fsp3) is 0.250. The number of benzene rings is 2. The van der Waals surface area contributed by atoms with Crippen LogP contribution in [0.5, 0.6) is 0 Å². The second-order valence-electron chi connectivity index (χ2n) is 4.85. The maximum atomic E-state index is 13.3. The highest BCUT2D eigenvalue weighted by Gasteiger charge is 2.22. The summed E-state index contributed by atoms with van der Waals surface area (Å²) in [5.74, 6) is -0.647. The topological polar surface area (TPSA) is 46.2 Å². The highest BCUT2D eigenvalue weighted by molar-refractivity contribution is 9.10. The summed E-state index contributed by atoms with van der Waals surface area (Å²) in [6.07, 6.45) is -0.756. The SMILES string of the molecule is Cc1cc(C(O)C(CN)c2cccc(F)c2)ccc1Br. The lowest BCUT2D eigenvalue weighted by molar-refractivity contribution is 0.147. The molecule has 106 valence electrons. The number of hydrogen-bond donors (Lipinski definition) is 2. The molecule has 0 saturated heterocycles. The third-order valence-electron chi connectivity index (χ3n) is 3.44. The van der Waals surface area contributed by atoms with E-state index in [1.165, 1.54) is 12.1 Å². The number of hydrogen-bond acceptors (Lipinski definition) is 2. The van der Waals surface area contributed by atoms with Gasteiger partial charge in [-0.3, -0.25) is 0 Å². The molecule has 2 rings (SSSR count). The lowest BCUT2D eigenvalue weighted by atomic mass is 9.88. The summed E-state index contributed by atoms with van der Waals surface area (Å²) in [4.78, 5) is 0. The highest BCUT2D eigenvalue weighted by Crippen LogP contribution is 2.32. The van der Waals surface area contributed by atoms with Crippen LogP contribution in [-0.4, -0.2) is 11.7 Å². The molecule has 2 aromatic carbocycles. The van der Waals surface area contributed by atoms with E-state index >= 15 is 0 Å². The predicted octanol–water partition coefficient (Wildman–Crippen LogP) is 3.67. The van der Waals surface area contributed by atoms with Crippen molar-refractivity contribution >= 4 is 15.9 Å². The third kappa shape index (κ3) is 3.26. The molecule has 0 aliphatic heterocycles. The molecule has 2 unspecified atom stereocenters. The van der Waals surface area contributed by atoms with Crippen molar-refractivity contribution in [1.82, 2.24) is 0 Å². The first-order chi connectivity index (χ1) is 9.52. The van der Waals surface area contributed by atoms with Crippen LogP contribution in [0.15, 0.2) is 46.9 Å². The molecular formula is C16H17BrFNO. The number of rotatable bonds is 4. The number of aliphatic hydroxyl groups is 1. The van der Waals surface area contributed by atoms with Gasteiger partial charge in [0, 0.05) is 16.9 Å². The molecule has 0 aromatic heterocycles. The van der Waals surface area contributed by atoms with Crippen LogP contribution in [0.25, 0.3) is 0 Å². The van der Waals surface area contributed by atoms with Crippen molar-refractivity contribution < 1.29 is 9.50 Å².